The molecule has 6 heteroatoms. The Morgan fingerprint density at radius 2 is 1.89 bits per heavy atom. The van der Waals surface area contributed by atoms with Gasteiger partial charge >= 0.3 is 5.97 Å². The van der Waals surface area contributed by atoms with Crippen molar-refractivity contribution in [3.63, 3.8) is 0 Å². The van der Waals surface area contributed by atoms with Gasteiger partial charge in [-0.15, -0.1) is 0 Å². The minimum absolute atomic E-state index is 0.153. The molecule has 1 atom stereocenters. The van der Waals surface area contributed by atoms with Gasteiger partial charge in [-0.3, -0.25) is 14.2 Å². The molecular formula is C21H19N3O3. The van der Waals surface area contributed by atoms with Crippen molar-refractivity contribution in [3.8, 4) is 6.07 Å². The number of carbonyl (C=O) groups is 1. The van der Waals surface area contributed by atoms with E-state index >= 15 is 0 Å². The van der Waals surface area contributed by atoms with Crippen molar-refractivity contribution >= 4 is 16.9 Å². The predicted molar refractivity (Wildman–Crippen MR) is 101 cm³/mol. The second-order valence-electron chi connectivity index (χ2n) is 6.07. The van der Waals surface area contributed by atoms with Crippen LogP contribution < -0.4 is 5.56 Å². The van der Waals surface area contributed by atoms with E-state index in [-0.39, 0.29) is 36.4 Å². The van der Waals surface area contributed by atoms with E-state index in [1.54, 1.807) is 24.3 Å². The molecule has 136 valence electrons. The van der Waals surface area contributed by atoms with Crippen LogP contribution in [0.1, 0.15) is 30.7 Å². The third kappa shape index (κ3) is 3.87. The van der Waals surface area contributed by atoms with Gasteiger partial charge in [0.2, 0.25) is 0 Å². The van der Waals surface area contributed by atoms with Crippen LogP contribution in [0.15, 0.2) is 59.4 Å². The van der Waals surface area contributed by atoms with E-state index in [9.17, 15) is 9.59 Å². The predicted octanol–water partition coefficient (Wildman–Crippen LogP) is 3.16. The van der Waals surface area contributed by atoms with Crippen molar-refractivity contribution < 1.29 is 9.53 Å². The molecule has 0 aliphatic carbocycles. The molecule has 2 aromatic carbocycles. The van der Waals surface area contributed by atoms with E-state index in [4.69, 9.17) is 10.00 Å². The smallest absolute Gasteiger partial charge is 0.313 e. The first-order valence-electron chi connectivity index (χ1n) is 8.72. The van der Waals surface area contributed by atoms with Crippen LogP contribution in [-0.2, 0) is 22.7 Å². The number of hydrogen-bond acceptors (Lipinski definition) is 5. The number of nitriles is 1. The van der Waals surface area contributed by atoms with Gasteiger partial charge in [-0.05, 0) is 24.1 Å². The summed E-state index contributed by atoms with van der Waals surface area (Å²) in [5.74, 6) is -0.506. The average Bonchev–Trinajstić information content (AvgIpc) is 2.70. The number of benzene rings is 2. The van der Waals surface area contributed by atoms with Gasteiger partial charge in [0.25, 0.3) is 5.56 Å². The summed E-state index contributed by atoms with van der Waals surface area (Å²) in [5.41, 5.74) is 1.08. The summed E-state index contributed by atoms with van der Waals surface area (Å²) in [5, 5.41) is 9.48. The van der Waals surface area contributed by atoms with Crippen LogP contribution in [0.4, 0.5) is 0 Å². The molecule has 0 aliphatic rings. The molecule has 0 bridgehead atoms. The van der Waals surface area contributed by atoms with Crippen LogP contribution in [0.5, 0.6) is 0 Å². The van der Waals surface area contributed by atoms with Gasteiger partial charge in [-0.25, -0.2) is 4.98 Å². The zero-order valence-corrected chi connectivity index (χ0v) is 15.0. The maximum absolute atomic E-state index is 12.6. The minimum Gasteiger partial charge on any atom is -0.457 e. The highest BCUT2D eigenvalue weighted by molar-refractivity contribution is 5.78. The first-order valence-corrected chi connectivity index (χ1v) is 8.72. The van der Waals surface area contributed by atoms with Crippen LogP contribution in [0.2, 0.25) is 0 Å². The minimum atomic E-state index is -0.386. The highest BCUT2D eigenvalue weighted by Crippen LogP contribution is 2.21. The lowest BCUT2D eigenvalue weighted by Crippen LogP contribution is -2.26. The van der Waals surface area contributed by atoms with Crippen LogP contribution in [0, 0.1) is 11.3 Å². The Morgan fingerprint density at radius 3 is 2.59 bits per heavy atom. The Hall–Kier alpha value is -3.46. The molecule has 3 rings (SSSR count). The summed E-state index contributed by atoms with van der Waals surface area (Å²) in [7, 11) is 0. The monoisotopic (exact) mass is 361 g/mol. The van der Waals surface area contributed by atoms with Gasteiger partial charge in [0, 0.05) is 0 Å². The lowest BCUT2D eigenvalue weighted by Gasteiger charge is -2.16. The summed E-state index contributed by atoms with van der Waals surface area (Å²) < 4.78 is 6.70. The lowest BCUT2D eigenvalue weighted by molar-refractivity contribution is -0.147. The van der Waals surface area contributed by atoms with E-state index in [1.165, 1.54) is 4.57 Å². The molecule has 0 aliphatic heterocycles. The molecule has 0 radical (unpaired) electrons. The number of nitrogens with zero attached hydrogens (tertiary/aromatic N) is 3. The van der Waals surface area contributed by atoms with Crippen molar-refractivity contribution in [2.45, 2.75) is 32.4 Å². The Balaban J connectivity index is 1.88. The molecule has 1 heterocycles. The number of rotatable bonds is 6. The maximum atomic E-state index is 12.6. The number of aromatic nitrogens is 2. The van der Waals surface area contributed by atoms with Gasteiger partial charge in [0.05, 0.1) is 22.9 Å². The third-order valence-electron chi connectivity index (χ3n) is 4.41. The topological polar surface area (TPSA) is 85.0 Å². The molecule has 0 N–H and O–H groups in total. The van der Waals surface area contributed by atoms with Gasteiger partial charge in [0.1, 0.15) is 13.2 Å². The summed E-state index contributed by atoms with van der Waals surface area (Å²) in [4.78, 5) is 29.6. The maximum Gasteiger partial charge on any atom is 0.313 e. The fraction of sp³-hybridized carbons (Fsp3) is 0.238. The van der Waals surface area contributed by atoms with Gasteiger partial charge in [-0.2, -0.15) is 5.26 Å². The molecule has 3 aromatic rings. The Labute approximate surface area is 156 Å². The number of esters is 1. The molecule has 0 saturated heterocycles. The van der Waals surface area contributed by atoms with Gasteiger partial charge < -0.3 is 4.74 Å². The Morgan fingerprint density at radius 1 is 1.19 bits per heavy atom. The second kappa shape index (κ2) is 8.28. The zero-order valence-electron chi connectivity index (χ0n) is 15.0. The van der Waals surface area contributed by atoms with Crippen LogP contribution >= 0.6 is 0 Å². The van der Waals surface area contributed by atoms with Crippen LogP contribution in [0.3, 0.4) is 0 Å². The lowest BCUT2D eigenvalue weighted by atomic mass is 9.97. The molecule has 0 amide bonds. The summed E-state index contributed by atoms with van der Waals surface area (Å²) in [6.07, 6.45) is 0.596. The molecule has 0 saturated carbocycles. The van der Waals surface area contributed by atoms with E-state index < -0.39 is 0 Å². The van der Waals surface area contributed by atoms with E-state index in [1.807, 2.05) is 43.3 Å². The quantitative estimate of drug-likeness (QED) is 0.630. The van der Waals surface area contributed by atoms with Crippen molar-refractivity contribution in [1.29, 1.82) is 5.26 Å². The summed E-state index contributed by atoms with van der Waals surface area (Å²) in [6.45, 7) is 1.60. The first kappa shape index (κ1) is 18.3. The normalized spacial score (nSPS) is 11.7. The van der Waals surface area contributed by atoms with Crippen molar-refractivity contribution in [1.82, 2.24) is 9.55 Å². The van der Waals surface area contributed by atoms with Crippen molar-refractivity contribution in [2.24, 2.45) is 0 Å². The average molecular weight is 361 g/mol. The number of hydrogen-bond donors (Lipinski definition) is 0. The standard InChI is InChI=1S/C21H19N3O3/c1-2-16(15-8-4-3-5-9-15)21(26)27-14-19-23-18-11-7-6-10-17(18)20(25)24(19)13-12-22/h3-11,16H,2,13-14H2,1H3/t16-/m0/s1. The van der Waals surface area contributed by atoms with Crippen molar-refractivity contribution in [3.05, 3.63) is 76.3 Å². The first-order chi connectivity index (χ1) is 13.2. The number of carbonyl (C=O) groups excluding carboxylic acids is 1. The largest absolute Gasteiger partial charge is 0.457 e. The molecule has 0 fully saturated rings. The Bertz CT molecular complexity index is 1050. The number of fused-ring (bicyclic) bond motifs is 1. The van der Waals surface area contributed by atoms with E-state index in [0.29, 0.717) is 17.3 Å². The SMILES string of the molecule is CC[C@H](C(=O)OCc1nc2ccccc2c(=O)n1CC#N)c1ccccc1. The highest BCUT2D eigenvalue weighted by Gasteiger charge is 2.21. The Kier molecular flexibility index (Phi) is 5.62. The van der Waals surface area contributed by atoms with E-state index in [0.717, 1.165) is 5.56 Å². The third-order valence-corrected chi connectivity index (χ3v) is 4.41. The summed E-state index contributed by atoms with van der Waals surface area (Å²) >= 11 is 0. The number of ether oxygens (including phenoxy) is 1. The second-order valence-corrected chi connectivity index (χ2v) is 6.07. The molecule has 6 nitrogen and oxygen atoms in total. The van der Waals surface area contributed by atoms with Crippen molar-refractivity contribution in [2.75, 3.05) is 0 Å². The molecule has 27 heavy (non-hydrogen) atoms. The van der Waals surface area contributed by atoms with Gasteiger partial charge in [-0.1, -0.05) is 49.4 Å². The molecule has 0 spiro atoms. The fourth-order valence-electron chi connectivity index (χ4n) is 3.02. The zero-order chi connectivity index (χ0) is 19.2. The fourth-order valence-corrected chi connectivity index (χ4v) is 3.02. The highest BCUT2D eigenvalue weighted by atomic mass is 16.5. The van der Waals surface area contributed by atoms with Gasteiger partial charge in [0.15, 0.2) is 5.82 Å². The molecular weight excluding hydrogens is 342 g/mol. The number of para-hydroxylation sites is 1. The van der Waals surface area contributed by atoms with E-state index in [2.05, 4.69) is 4.98 Å². The molecule has 0 unspecified atom stereocenters. The van der Waals surface area contributed by atoms with Crippen LogP contribution in [-0.4, -0.2) is 15.5 Å². The molecule has 1 aromatic heterocycles. The summed E-state index contributed by atoms with van der Waals surface area (Å²) in [6, 6.07) is 18.3. The van der Waals surface area contributed by atoms with Crippen LogP contribution in [0.25, 0.3) is 10.9 Å².